The van der Waals surface area contributed by atoms with Gasteiger partial charge in [0.05, 0.1) is 6.61 Å². The molecule has 5 heteroatoms. The summed E-state index contributed by atoms with van der Waals surface area (Å²) in [6.07, 6.45) is 3.53. The Balaban J connectivity index is 2.49. The van der Waals surface area contributed by atoms with Gasteiger partial charge in [-0.15, -0.1) is 0 Å². The van der Waals surface area contributed by atoms with Crippen LogP contribution in [0.1, 0.15) is 52.5 Å². The van der Waals surface area contributed by atoms with Gasteiger partial charge < -0.3 is 14.8 Å². The first kappa shape index (κ1) is 20.7. The number of rotatable bonds is 8. The Morgan fingerprint density at radius 2 is 1.80 bits per heavy atom. The average molecular weight is 347 g/mol. The van der Waals surface area contributed by atoms with Gasteiger partial charge in [-0.25, -0.2) is 9.59 Å². The van der Waals surface area contributed by atoms with Crippen molar-refractivity contribution in [3.8, 4) is 0 Å². The summed E-state index contributed by atoms with van der Waals surface area (Å²) in [5.41, 5.74) is 1.46. The summed E-state index contributed by atoms with van der Waals surface area (Å²) in [4.78, 5) is 23.4. The fraction of sp³-hybridized carbons (Fsp3) is 0.500. The van der Waals surface area contributed by atoms with Gasteiger partial charge in [0, 0.05) is 12.6 Å². The Kier molecular flexibility index (Phi) is 8.75. The number of carbonyl (C=O) groups is 2. The molecule has 0 aliphatic carbocycles. The molecule has 138 valence electrons. The van der Waals surface area contributed by atoms with E-state index in [1.165, 1.54) is 0 Å². The Labute approximate surface area is 150 Å². The van der Waals surface area contributed by atoms with E-state index in [0.717, 1.165) is 30.4 Å². The van der Waals surface area contributed by atoms with E-state index in [1.54, 1.807) is 13.0 Å². The Bertz CT molecular complexity index is 573. The second-order valence-electron chi connectivity index (χ2n) is 6.67. The Morgan fingerprint density at radius 3 is 2.40 bits per heavy atom. The molecule has 1 amide bonds. The standard InChI is InChI=1S/C20H29NO4/c1-5-24-18(22)15-17(16-11-7-6-8-12-16)13-9-10-14-21-19(23)25-20(2,3)4/h6-8,11-12,15H,5,9-10,13-14H2,1-4H3,(H,21,23)/b17-15-. The van der Waals surface area contributed by atoms with Crippen LogP contribution < -0.4 is 5.32 Å². The van der Waals surface area contributed by atoms with Crippen LogP contribution in [0.2, 0.25) is 0 Å². The van der Waals surface area contributed by atoms with Gasteiger partial charge in [0.2, 0.25) is 0 Å². The molecule has 25 heavy (non-hydrogen) atoms. The molecule has 1 aromatic rings. The summed E-state index contributed by atoms with van der Waals surface area (Å²) in [6, 6.07) is 9.78. The normalized spacial score (nSPS) is 11.8. The summed E-state index contributed by atoms with van der Waals surface area (Å²) >= 11 is 0. The predicted molar refractivity (Wildman–Crippen MR) is 99.1 cm³/mol. The van der Waals surface area contributed by atoms with Gasteiger partial charge in [0.1, 0.15) is 5.60 Å². The second kappa shape index (κ2) is 10.5. The number of amides is 1. The highest BCUT2D eigenvalue weighted by Crippen LogP contribution is 2.20. The van der Waals surface area contributed by atoms with Gasteiger partial charge in [0.15, 0.2) is 0 Å². The van der Waals surface area contributed by atoms with E-state index in [0.29, 0.717) is 13.2 Å². The van der Waals surface area contributed by atoms with E-state index >= 15 is 0 Å². The zero-order valence-electron chi connectivity index (χ0n) is 15.6. The SMILES string of the molecule is CCOC(=O)/C=C(/CCCCNC(=O)OC(C)(C)C)c1ccccc1. The molecule has 1 aromatic carbocycles. The maximum atomic E-state index is 11.8. The van der Waals surface area contributed by atoms with E-state index in [1.807, 2.05) is 51.1 Å². The summed E-state index contributed by atoms with van der Waals surface area (Å²) in [7, 11) is 0. The third kappa shape index (κ3) is 9.55. The van der Waals surface area contributed by atoms with Crippen molar-refractivity contribution in [2.75, 3.05) is 13.2 Å². The minimum Gasteiger partial charge on any atom is -0.463 e. The van der Waals surface area contributed by atoms with Gasteiger partial charge in [-0.05, 0) is 58.1 Å². The fourth-order valence-corrected chi connectivity index (χ4v) is 2.22. The predicted octanol–water partition coefficient (Wildman–Crippen LogP) is 4.33. The number of nitrogens with one attached hydrogen (secondary N) is 1. The molecular formula is C20H29NO4. The zero-order chi connectivity index (χ0) is 18.7. The van der Waals surface area contributed by atoms with Gasteiger partial charge >= 0.3 is 12.1 Å². The van der Waals surface area contributed by atoms with Crippen LogP contribution in [-0.4, -0.2) is 30.8 Å². The lowest BCUT2D eigenvalue weighted by molar-refractivity contribution is -0.137. The molecule has 0 radical (unpaired) electrons. The molecule has 0 unspecified atom stereocenters. The highest BCUT2D eigenvalue weighted by molar-refractivity contribution is 5.91. The third-order valence-corrected chi connectivity index (χ3v) is 3.26. The lowest BCUT2D eigenvalue weighted by Crippen LogP contribution is -2.32. The van der Waals surface area contributed by atoms with E-state index in [9.17, 15) is 9.59 Å². The fourth-order valence-electron chi connectivity index (χ4n) is 2.22. The second-order valence-corrected chi connectivity index (χ2v) is 6.67. The van der Waals surface area contributed by atoms with Crippen LogP contribution in [-0.2, 0) is 14.3 Å². The minimum atomic E-state index is -0.493. The molecule has 0 aliphatic rings. The third-order valence-electron chi connectivity index (χ3n) is 3.26. The number of esters is 1. The molecule has 0 aromatic heterocycles. The quantitative estimate of drug-likeness (QED) is 0.432. The first-order chi connectivity index (χ1) is 11.8. The van der Waals surface area contributed by atoms with E-state index in [4.69, 9.17) is 9.47 Å². The van der Waals surface area contributed by atoms with E-state index in [-0.39, 0.29) is 5.97 Å². The number of allylic oxidation sites excluding steroid dienone is 1. The molecule has 0 bridgehead atoms. The summed E-state index contributed by atoms with van der Waals surface area (Å²) in [5, 5.41) is 2.74. The molecule has 0 fully saturated rings. The molecule has 0 heterocycles. The zero-order valence-corrected chi connectivity index (χ0v) is 15.6. The number of benzene rings is 1. The van der Waals surface area contributed by atoms with Gasteiger partial charge in [-0.1, -0.05) is 30.3 Å². The highest BCUT2D eigenvalue weighted by Gasteiger charge is 2.15. The minimum absolute atomic E-state index is 0.326. The van der Waals surface area contributed by atoms with Crippen molar-refractivity contribution in [1.29, 1.82) is 0 Å². The summed E-state index contributed by atoms with van der Waals surface area (Å²) < 4.78 is 10.2. The number of carbonyl (C=O) groups excluding carboxylic acids is 2. The molecule has 0 atom stereocenters. The monoisotopic (exact) mass is 347 g/mol. The first-order valence-electron chi connectivity index (χ1n) is 8.71. The van der Waals surface area contributed by atoms with Crippen molar-refractivity contribution in [2.45, 2.75) is 52.6 Å². The lowest BCUT2D eigenvalue weighted by atomic mass is 10.00. The van der Waals surface area contributed by atoms with Crippen molar-refractivity contribution in [3.05, 3.63) is 42.0 Å². The topological polar surface area (TPSA) is 64.6 Å². The summed E-state index contributed by atoms with van der Waals surface area (Å²) in [6.45, 7) is 8.18. The maximum absolute atomic E-state index is 11.8. The molecule has 0 aliphatic heterocycles. The smallest absolute Gasteiger partial charge is 0.407 e. The van der Waals surface area contributed by atoms with Crippen LogP contribution >= 0.6 is 0 Å². The van der Waals surface area contributed by atoms with Crippen LogP contribution in [0.15, 0.2) is 36.4 Å². The number of hydrogen-bond acceptors (Lipinski definition) is 4. The summed E-state index contributed by atoms with van der Waals surface area (Å²) in [5.74, 6) is -0.326. The lowest BCUT2D eigenvalue weighted by Gasteiger charge is -2.19. The van der Waals surface area contributed by atoms with Crippen LogP contribution in [0, 0.1) is 0 Å². The molecule has 5 nitrogen and oxygen atoms in total. The van der Waals surface area contributed by atoms with Crippen LogP contribution in [0.3, 0.4) is 0 Å². The first-order valence-corrected chi connectivity index (χ1v) is 8.71. The Morgan fingerprint density at radius 1 is 1.12 bits per heavy atom. The van der Waals surface area contributed by atoms with Crippen LogP contribution in [0.4, 0.5) is 4.79 Å². The van der Waals surface area contributed by atoms with Crippen molar-refractivity contribution in [1.82, 2.24) is 5.32 Å². The number of unbranched alkanes of at least 4 members (excludes halogenated alkanes) is 1. The van der Waals surface area contributed by atoms with E-state index in [2.05, 4.69) is 5.32 Å². The molecule has 1 N–H and O–H groups in total. The van der Waals surface area contributed by atoms with Crippen LogP contribution in [0.25, 0.3) is 5.57 Å². The van der Waals surface area contributed by atoms with Crippen molar-refractivity contribution >= 4 is 17.6 Å². The molecule has 0 spiro atoms. The van der Waals surface area contributed by atoms with Crippen LogP contribution in [0.5, 0.6) is 0 Å². The molecule has 0 saturated carbocycles. The largest absolute Gasteiger partial charge is 0.463 e. The van der Waals surface area contributed by atoms with Gasteiger partial charge in [0.25, 0.3) is 0 Å². The number of hydrogen-bond donors (Lipinski definition) is 1. The van der Waals surface area contributed by atoms with Gasteiger partial charge in [-0.2, -0.15) is 0 Å². The van der Waals surface area contributed by atoms with Crippen molar-refractivity contribution in [3.63, 3.8) is 0 Å². The number of ether oxygens (including phenoxy) is 2. The molecule has 1 rings (SSSR count). The highest BCUT2D eigenvalue weighted by atomic mass is 16.6. The maximum Gasteiger partial charge on any atom is 0.407 e. The molecule has 0 saturated heterocycles. The molecular weight excluding hydrogens is 318 g/mol. The average Bonchev–Trinajstić information content (AvgIpc) is 2.53. The van der Waals surface area contributed by atoms with Crippen molar-refractivity contribution in [2.24, 2.45) is 0 Å². The van der Waals surface area contributed by atoms with Crippen molar-refractivity contribution < 1.29 is 19.1 Å². The van der Waals surface area contributed by atoms with E-state index < -0.39 is 11.7 Å². The number of alkyl carbamates (subject to hydrolysis) is 1. The Hall–Kier alpha value is -2.30. The van der Waals surface area contributed by atoms with Gasteiger partial charge in [-0.3, -0.25) is 0 Å².